The van der Waals surface area contributed by atoms with Gasteiger partial charge < -0.3 is 14.2 Å². The summed E-state index contributed by atoms with van der Waals surface area (Å²) < 4.78 is 6.93. The zero-order valence-corrected chi connectivity index (χ0v) is 45.9. The van der Waals surface area contributed by atoms with Gasteiger partial charge in [-0.15, -0.1) is 0 Å². The van der Waals surface area contributed by atoms with E-state index in [2.05, 4.69) is 299 Å². The van der Waals surface area contributed by atoms with Crippen LogP contribution in [0.15, 0.2) is 211 Å². The fourth-order valence-corrected chi connectivity index (χ4v) is 10.7. The third-order valence-corrected chi connectivity index (χ3v) is 15.2. The second-order valence-corrected chi connectivity index (χ2v) is 24.8. The number of hydrogen-bond donors (Lipinski definition) is 0. The van der Waals surface area contributed by atoms with Crippen molar-refractivity contribution in [3.8, 4) is 22.3 Å². The molecule has 11 rings (SSSR count). The van der Waals surface area contributed by atoms with Gasteiger partial charge in [-0.25, -0.2) is 0 Å². The molecule has 374 valence electrons. The first-order valence-corrected chi connectivity index (χ1v) is 26.7. The Hall–Kier alpha value is -7.88. The Morgan fingerprint density at radius 1 is 0.280 bits per heavy atom. The predicted octanol–water partition coefficient (Wildman–Crippen LogP) is 21.4. The number of benzene rings is 10. The summed E-state index contributed by atoms with van der Waals surface area (Å²) in [5, 5.41) is 6.80. The third kappa shape index (κ3) is 9.62. The summed E-state index contributed by atoms with van der Waals surface area (Å²) in [6.45, 7) is 27.5. The molecule has 3 nitrogen and oxygen atoms in total. The molecule has 0 saturated heterocycles. The molecule has 1 heterocycles. The second kappa shape index (κ2) is 18.5. The van der Waals surface area contributed by atoms with E-state index >= 15 is 0 Å². The molecule has 10 aromatic carbocycles. The van der Waals surface area contributed by atoms with Gasteiger partial charge in [0.05, 0.1) is 11.4 Å². The Bertz CT molecular complexity index is 3670. The number of rotatable bonds is 8. The van der Waals surface area contributed by atoms with E-state index in [-0.39, 0.29) is 21.7 Å². The molecule has 75 heavy (non-hydrogen) atoms. The van der Waals surface area contributed by atoms with Gasteiger partial charge in [-0.1, -0.05) is 192 Å². The monoisotopic (exact) mass is 979 g/mol. The molecular formula is C72H70N2O. The molecule has 0 bridgehead atoms. The van der Waals surface area contributed by atoms with E-state index in [4.69, 9.17) is 4.42 Å². The van der Waals surface area contributed by atoms with Crippen LogP contribution in [0.25, 0.3) is 65.7 Å². The van der Waals surface area contributed by atoms with Crippen LogP contribution in [0, 0.1) is 0 Å². The van der Waals surface area contributed by atoms with Crippen molar-refractivity contribution in [2.75, 3.05) is 9.80 Å². The van der Waals surface area contributed by atoms with Crippen LogP contribution >= 0.6 is 0 Å². The van der Waals surface area contributed by atoms with Crippen LogP contribution < -0.4 is 9.80 Å². The molecule has 0 atom stereocenters. The minimum atomic E-state index is -0.0234. The third-order valence-electron chi connectivity index (χ3n) is 15.2. The Morgan fingerprint density at radius 3 is 1.01 bits per heavy atom. The second-order valence-electron chi connectivity index (χ2n) is 24.8. The standard InChI is InChI=1S/C72H70N2O/c1-69(2,3)53-25-19-27-57(43-53)73(65-35-31-55(71(7,8)9)45-61(65)47-21-15-13-16-22-47)59-33-29-49-39-63-64-40-50-30-34-60(38-52(50)42-68(64)75-67(63)41-51(49)37-59)74(58-28-20-26-54(44-58)70(4,5)6)66-36-32-56(72(10,11)12)46-62(66)48-23-17-14-18-24-48/h13-46H,1-12H3. The number of furan rings is 1. The van der Waals surface area contributed by atoms with E-state index in [0.717, 1.165) is 66.8 Å². The Labute approximate surface area is 445 Å². The van der Waals surface area contributed by atoms with Gasteiger partial charge >= 0.3 is 0 Å². The van der Waals surface area contributed by atoms with Gasteiger partial charge in [-0.2, -0.15) is 0 Å². The summed E-state index contributed by atoms with van der Waals surface area (Å²) in [6.07, 6.45) is 0. The fraction of sp³-hybridized carbons (Fsp3) is 0.222. The quantitative estimate of drug-likeness (QED) is 0.151. The smallest absolute Gasteiger partial charge is 0.136 e. The Morgan fingerprint density at radius 2 is 0.640 bits per heavy atom. The number of nitrogens with zero attached hydrogens (tertiary/aromatic N) is 2. The van der Waals surface area contributed by atoms with E-state index in [1.807, 2.05) is 0 Å². The van der Waals surface area contributed by atoms with E-state index in [1.165, 1.54) is 55.3 Å². The first-order valence-electron chi connectivity index (χ1n) is 26.7. The highest BCUT2D eigenvalue weighted by Gasteiger charge is 2.26. The minimum absolute atomic E-state index is 0.0153. The van der Waals surface area contributed by atoms with Gasteiger partial charge in [0.2, 0.25) is 0 Å². The van der Waals surface area contributed by atoms with Crippen LogP contribution in [0.3, 0.4) is 0 Å². The largest absolute Gasteiger partial charge is 0.456 e. The van der Waals surface area contributed by atoms with Crippen molar-refractivity contribution >= 4 is 77.6 Å². The molecular weight excluding hydrogens is 909 g/mol. The fourth-order valence-electron chi connectivity index (χ4n) is 10.7. The highest BCUT2D eigenvalue weighted by atomic mass is 16.3. The van der Waals surface area contributed by atoms with Crippen LogP contribution in [0.2, 0.25) is 0 Å². The highest BCUT2D eigenvalue weighted by Crippen LogP contribution is 2.47. The SMILES string of the molecule is CC(C)(C)c1cccc(N(c2ccc3cc4c(cc3c2)oc2cc3cc(N(c5cccc(C(C)(C)C)c5)c5ccc(C(C)(C)C)cc5-c5ccccc5)ccc3cc24)c2ccc(C(C)(C)C)cc2-c2ccccc2)c1. The van der Waals surface area contributed by atoms with E-state index in [1.54, 1.807) is 0 Å². The van der Waals surface area contributed by atoms with E-state index in [0.29, 0.717) is 0 Å². The number of anilines is 6. The maximum Gasteiger partial charge on any atom is 0.136 e. The zero-order valence-electron chi connectivity index (χ0n) is 45.9. The summed E-state index contributed by atoms with van der Waals surface area (Å²) in [5.74, 6) is 0. The molecule has 0 aliphatic carbocycles. The molecule has 3 heteroatoms. The van der Waals surface area contributed by atoms with E-state index < -0.39 is 0 Å². The van der Waals surface area contributed by atoms with Crippen molar-refractivity contribution in [2.45, 2.75) is 105 Å². The van der Waals surface area contributed by atoms with Crippen molar-refractivity contribution in [2.24, 2.45) is 0 Å². The number of hydrogen-bond acceptors (Lipinski definition) is 3. The van der Waals surface area contributed by atoms with Crippen LogP contribution in [0.4, 0.5) is 34.1 Å². The molecule has 11 aromatic rings. The van der Waals surface area contributed by atoms with Gasteiger partial charge in [0.25, 0.3) is 0 Å². The lowest BCUT2D eigenvalue weighted by molar-refractivity contribution is 0.590. The van der Waals surface area contributed by atoms with Gasteiger partial charge in [0.1, 0.15) is 11.2 Å². The predicted molar refractivity (Wildman–Crippen MR) is 324 cm³/mol. The lowest BCUT2D eigenvalue weighted by Crippen LogP contribution is -2.16. The van der Waals surface area contributed by atoms with Crippen LogP contribution in [0.5, 0.6) is 0 Å². The maximum atomic E-state index is 6.93. The van der Waals surface area contributed by atoms with E-state index in [9.17, 15) is 0 Å². The molecule has 0 N–H and O–H groups in total. The highest BCUT2D eigenvalue weighted by molar-refractivity contribution is 6.14. The lowest BCUT2D eigenvalue weighted by atomic mass is 9.84. The summed E-state index contributed by atoms with van der Waals surface area (Å²) in [7, 11) is 0. The molecule has 0 radical (unpaired) electrons. The van der Waals surface area contributed by atoms with Crippen LogP contribution in [0.1, 0.15) is 105 Å². The summed E-state index contributed by atoms with van der Waals surface area (Å²) in [4.78, 5) is 4.89. The normalized spacial score (nSPS) is 12.5. The molecule has 0 fully saturated rings. The van der Waals surface area contributed by atoms with Crippen LogP contribution in [-0.2, 0) is 21.7 Å². The van der Waals surface area contributed by atoms with Crippen LogP contribution in [-0.4, -0.2) is 0 Å². The Balaban J connectivity index is 1.06. The molecule has 0 aliphatic rings. The number of fused-ring (bicyclic) bond motifs is 5. The van der Waals surface area contributed by atoms with Gasteiger partial charge in [0, 0.05) is 44.6 Å². The van der Waals surface area contributed by atoms with Crippen molar-refractivity contribution in [3.63, 3.8) is 0 Å². The summed E-state index contributed by atoms with van der Waals surface area (Å²) in [5.41, 5.74) is 18.3. The molecule has 1 aromatic heterocycles. The first kappa shape index (κ1) is 49.3. The van der Waals surface area contributed by atoms with Crippen molar-refractivity contribution < 1.29 is 4.42 Å². The van der Waals surface area contributed by atoms with Gasteiger partial charge in [-0.05, 0) is 174 Å². The Kier molecular flexibility index (Phi) is 12.2. The van der Waals surface area contributed by atoms with Crippen molar-refractivity contribution in [1.29, 1.82) is 0 Å². The molecule has 0 spiro atoms. The summed E-state index contributed by atoms with van der Waals surface area (Å²) in [6, 6.07) is 76.8. The van der Waals surface area contributed by atoms with Gasteiger partial charge in [-0.3, -0.25) is 0 Å². The molecule has 0 aliphatic heterocycles. The van der Waals surface area contributed by atoms with Crippen molar-refractivity contribution in [1.82, 2.24) is 0 Å². The molecule has 0 saturated carbocycles. The molecule has 0 amide bonds. The minimum Gasteiger partial charge on any atom is -0.456 e. The topological polar surface area (TPSA) is 19.6 Å². The molecule has 0 unspecified atom stereocenters. The zero-order chi connectivity index (χ0) is 52.6. The maximum absolute atomic E-state index is 6.93. The average Bonchev–Trinajstić information content (AvgIpc) is 3.72. The summed E-state index contributed by atoms with van der Waals surface area (Å²) >= 11 is 0. The van der Waals surface area contributed by atoms with Crippen molar-refractivity contribution in [3.05, 3.63) is 229 Å². The lowest BCUT2D eigenvalue weighted by Gasteiger charge is -2.31. The van der Waals surface area contributed by atoms with Gasteiger partial charge in [0.15, 0.2) is 0 Å². The first-order chi connectivity index (χ1) is 35.7. The average molecular weight is 979 g/mol.